The van der Waals surface area contributed by atoms with Gasteiger partial charge in [-0.3, -0.25) is 4.90 Å². The molecule has 0 radical (unpaired) electrons. The molecule has 9 fully saturated rings. The van der Waals surface area contributed by atoms with Crippen molar-refractivity contribution in [2.45, 2.75) is 63.0 Å². The minimum absolute atomic E-state index is 0.0146. The van der Waals surface area contributed by atoms with Crippen molar-refractivity contribution < 1.29 is 33.6 Å². The molecule has 6 saturated carbocycles. The SMILES string of the molecule is C=C1[C@H]2C[C@@H]3C4N5C[C@]6(C)CCC[C@@]47[C@@H]6[C@@]5(OC(=O)c4ccc(OC)cc4)C[C@]3([C@@H]1OC(=O)c1ccc(OC)cc1)[C@H]7[C@H]2O. The standard InChI is InChI=1S/C36H39NO7/c1-19-24-16-25-28-34-15-5-14-33(2)18-37(28)36(32(33)34,44-31(40)21-8-12-23(42-4)13-9-21)17-35(25,27(34)26(24)38)29(19)43-30(39)20-6-10-22(41-3)11-7-20/h6-13,24-29,32,38H,1,5,14-18H2,2-4H3/t24-,25-,26+,27+,28?,29-,32-,33+,34+,35-,36+/m1/s1. The van der Waals surface area contributed by atoms with Crippen molar-refractivity contribution in [1.82, 2.24) is 4.90 Å². The Morgan fingerprint density at radius 2 is 1.57 bits per heavy atom. The summed E-state index contributed by atoms with van der Waals surface area (Å²) in [5.41, 5.74) is 0.169. The maximum absolute atomic E-state index is 14.0. The Morgan fingerprint density at radius 3 is 2.20 bits per heavy atom. The van der Waals surface area contributed by atoms with Crippen molar-refractivity contribution in [2.24, 2.45) is 39.9 Å². The Labute approximate surface area is 257 Å². The number of nitrogens with zero attached hydrogens (tertiary/aromatic N) is 1. The van der Waals surface area contributed by atoms with Crippen LogP contribution in [0.4, 0.5) is 0 Å². The first kappa shape index (κ1) is 27.0. The lowest BCUT2D eigenvalue weighted by Gasteiger charge is -2.68. The molecule has 2 unspecified atom stereocenters. The van der Waals surface area contributed by atoms with E-state index in [-0.39, 0.29) is 46.5 Å². The molecule has 1 N–H and O–H groups in total. The van der Waals surface area contributed by atoms with Crippen molar-refractivity contribution in [1.29, 1.82) is 0 Å². The Balaban J connectivity index is 1.16. The number of carbonyl (C=O) groups is 2. The predicted octanol–water partition coefficient (Wildman–Crippen LogP) is 4.86. The first-order chi connectivity index (χ1) is 21.1. The van der Waals surface area contributed by atoms with Gasteiger partial charge in [0.05, 0.1) is 31.5 Å². The number of piperidine rings is 2. The number of benzene rings is 2. The maximum Gasteiger partial charge on any atom is 0.339 e. The van der Waals surface area contributed by atoms with Crippen LogP contribution in [0.1, 0.15) is 59.7 Å². The third-order valence-electron chi connectivity index (χ3n) is 13.4. The third kappa shape index (κ3) is 2.85. The second-order valence-corrected chi connectivity index (χ2v) is 14.9. The molecule has 3 heterocycles. The van der Waals surface area contributed by atoms with Crippen LogP contribution in [0.2, 0.25) is 0 Å². The summed E-state index contributed by atoms with van der Waals surface area (Å²) in [6, 6.07) is 14.2. The highest BCUT2D eigenvalue weighted by atomic mass is 16.6. The summed E-state index contributed by atoms with van der Waals surface area (Å²) in [7, 11) is 3.20. The maximum atomic E-state index is 14.0. The average Bonchev–Trinajstić information content (AvgIpc) is 3.41. The van der Waals surface area contributed by atoms with Crippen LogP contribution in [0.25, 0.3) is 0 Å². The molecule has 2 aromatic rings. The number of rotatable bonds is 6. The molecule has 2 aromatic carbocycles. The number of ether oxygens (including phenoxy) is 4. The fourth-order valence-corrected chi connectivity index (χ4v) is 12.7. The van der Waals surface area contributed by atoms with E-state index in [9.17, 15) is 14.7 Å². The van der Waals surface area contributed by atoms with E-state index in [0.717, 1.165) is 37.8 Å². The molecule has 3 saturated heterocycles. The van der Waals surface area contributed by atoms with Gasteiger partial charge in [0.25, 0.3) is 0 Å². The van der Waals surface area contributed by atoms with Gasteiger partial charge in [0.15, 0.2) is 5.72 Å². The summed E-state index contributed by atoms with van der Waals surface area (Å²) in [5.74, 6) is 0.818. The first-order valence-electron chi connectivity index (χ1n) is 16.0. The van der Waals surface area contributed by atoms with Gasteiger partial charge in [-0.25, -0.2) is 9.59 Å². The van der Waals surface area contributed by atoms with Crippen LogP contribution in [0, 0.1) is 39.9 Å². The number of methoxy groups -OCH3 is 2. The lowest BCUT2D eigenvalue weighted by atomic mass is 9.38. The first-order valence-corrected chi connectivity index (χ1v) is 16.0. The van der Waals surface area contributed by atoms with Gasteiger partial charge in [-0.2, -0.15) is 0 Å². The summed E-state index contributed by atoms with van der Waals surface area (Å²) in [6.07, 6.45) is 3.45. The summed E-state index contributed by atoms with van der Waals surface area (Å²) in [6.45, 7) is 7.74. The molecule has 12 atom stereocenters. The summed E-state index contributed by atoms with van der Waals surface area (Å²) in [4.78, 5) is 30.3. The average molecular weight is 598 g/mol. The van der Waals surface area contributed by atoms with Gasteiger partial charge in [0.2, 0.25) is 0 Å². The lowest BCUT2D eigenvalue weighted by Crippen LogP contribution is -2.72. The van der Waals surface area contributed by atoms with Gasteiger partial charge in [-0.1, -0.05) is 19.9 Å². The van der Waals surface area contributed by atoms with Crippen molar-refractivity contribution >= 4 is 11.9 Å². The fourth-order valence-electron chi connectivity index (χ4n) is 12.7. The van der Waals surface area contributed by atoms with Crippen LogP contribution in [0.3, 0.4) is 0 Å². The molecule has 8 nitrogen and oxygen atoms in total. The smallest absolute Gasteiger partial charge is 0.339 e. The molecule has 11 rings (SSSR count). The van der Waals surface area contributed by atoms with Crippen LogP contribution in [0.15, 0.2) is 60.7 Å². The minimum Gasteiger partial charge on any atom is -0.497 e. The van der Waals surface area contributed by atoms with Gasteiger partial charge in [-0.05, 0) is 84.7 Å². The highest BCUT2D eigenvalue weighted by Crippen LogP contribution is 2.89. The van der Waals surface area contributed by atoms with Gasteiger partial charge < -0.3 is 24.1 Å². The zero-order valence-corrected chi connectivity index (χ0v) is 25.5. The molecule has 0 aromatic heterocycles. The third-order valence-corrected chi connectivity index (χ3v) is 13.4. The predicted molar refractivity (Wildman–Crippen MR) is 159 cm³/mol. The molecule has 9 aliphatic rings. The second-order valence-electron chi connectivity index (χ2n) is 14.9. The molecule has 9 bridgehead atoms. The van der Waals surface area contributed by atoms with E-state index in [0.29, 0.717) is 29.0 Å². The zero-order chi connectivity index (χ0) is 30.4. The molecule has 3 aliphatic heterocycles. The number of aliphatic hydroxyl groups is 1. The molecular weight excluding hydrogens is 558 g/mol. The van der Waals surface area contributed by atoms with E-state index >= 15 is 0 Å². The van der Waals surface area contributed by atoms with Crippen molar-refractivity contribution in [3.05, 3.63) is 71.8 Å². The lowest BCUT2D eigenvalue weighted by molar-refractivity contribution is -0.270. The largest absolute Gasteiger partial charge is 0.497 e. The highest BCUT2D eigenvalue weighted by molar-refractivity contribution is 5.90. The van der Waals surface area contributed by atoms with E-state index in [2.05, 4.69) is 18.4 Å². The Bertz CT molecular complexity index is 1610. The van der Waals surface area contributed by atoms with E-state index in [1.54, 1.807) is 62.8 Å². The van der Waals surface area contributed by atoms with Crippen LogP contribution in [0.5, 0.6) is 11.5 Å². The minimum atomic E-state index is -0.821. The molecular formula is C36H39NO7. The Hall–Kier alpha value is -3.36. The Morgan fingerprint density at radius 1 is 0.932 bits per heavy atom. The van der Waals surface area contributed by atoms with Gasteiger partial charge in [-0.15, -0.1) is 0 Å². The van der Waals surface area contributed by atoms with Crippen molar-refractivity contribution in [3.8, 4) is 11.5 Å². The Kier molecular flexibility index (Phi) is 5.19. The number of carbonyl (C=O) groups excluding carboxylic acids is 2. The quantitative estimate of drug-likeness (QED) is 0.373. The topological polar surface area (TPSA) is 94.5 Å². The fraction of sp³-hybridized carbons (Fsp3) is 0.556. The van der Waals surface area contributed by atoms with Gasteiger partial charge in [0, 0.05) is 47.6 Å². The summed E-state index contributed by atoms with van der Waals surface area (Å²) >= 11 is 0. The van der Waals surface area contributed by atoms with Crippen LogP contribution < -0.4 is 9.47 Å². The summed E-state index contributed by atoms with van der Waals surface area (Å²) < 4.78 is 24.0. The van der Waals surface area contributed by atoms with E-state index in [1.165, 1.54) is 0 Å². The molecule has 0 amide bonds. The molecule has 2 spiro atoms. The molecule has 6 aliphatic carbocycles. The van der Waals surface area contributed by atoms with Crippen LogP contribution in [-0.4, -0.2) is 66.7 Å². The zero-order valence-electron chi connectivity index (χ0n) is 25.5. The second kappa shape index (κ2) is 8.46. The molecule has 230 valence electrons. The molecule has 8 heteroatoms. The normalized spacial score (nSPS) is 46.2. The molecule has 44 heavy (non-hydrogen) atoms. The summed E-state index contributed by atoms with van der Waals surface area (Å²) in [5, 5.41) is 12.2. The van der Waals surface area contributed by atoms with Crippen LogP contribution >= 0.6 is 0 Å². The van der Waals surface area contributed by atoms with E-state index in [1.807, 2.05) is 0 Å². The van der Waals surface area contributed by atoms with Crippen LogP contribution in [-0.2, 0) is 9.47 Å². The van der Waals surface area contributed by atoms with Crippen molar-refractivity contribution in [3.63, 3.8) is 0 Å². The van der Waals surface area contributed by atoms with E-state index < -0.39 is 29.3 Å². The van der Waals surface area contributed by atoms with Gasteiger partial charge in [0.1, 0.15) is 17.6 Å². The van der Waals surface area contributed by atoms with Crippen molar-refractivity contribution in [2.75, 3.05) is 20.8 Å². The monoisotopic (exact) mass is 597 g/mol. The van der Waals surface area contributed by atoms with Gasteiger partial charge >= 0.3 is 11.9 Å². The number of aliphatic hydroxyl groups excluding tert-OH is 1. The number of hydrogen-bond donors (Lipinski definition) is 1. The number of hydrogen-bond acceptors (Lipinski definition) is 8. The number of esters is 2. The number of fused-ring (bicyclic) bond motifs is 1. The highest BCUT2D eigenvalue weighted by Gasteiger charge is 2.95. The van der Waals surface area contributed by atoms with E-state index in [4.69, 9.17) is 18.9 Å².